The van der Waals surface area contributed by atoms with E-state index in [1.165, 1.54) is 35.2 Å². The molecule has 4 aromatic rings. The van der Waals surface area contributed by atoms with Crippen molar-refractivity contribution in [3.8, 4) is 0 Å². The molecule has 1 atom stereocenters. The van der Waals surface area contributed by atoms with Crippen LogP contribution >= 0.6 is 11.6 Å². The third-order valence-electron chi connectivity index (χ3n) is 7.95. The number of para-hydroxylation sites is 1. The van der Waals surface area contributed by atoms with Gasteiger partial charge in [-0.25, -0.2) is 12.8 Å². The molecule has 45 heavy (non-hydrogen) atoms. The zero-order valence-electron chi connectivity index (χ0n) is 24.7. The van der Waals surface area contributed by atoms with Crippen molar-refractivity contribution in [1.29, 1.82) is 0 Å². The Hall–Kier alpha value is -4.21. The minimum atomic E-state index is -4.38. The van der Waals surface area contributed by atoms with Gasteiger partial charge in [-0.3, -0.25) is 13.9 Å². The molecule has 7 nitrogen and oxygen atoms in total. The molecular weight excluding hydrogens is 613 g/mol. The lowest BCUT2D eigenvalue weighted by atomic mass is 10.0. The van der Waals surface area contributed by atoms with Crippen molar-refractivity contribution < 1.29 is 22.4 Å². The highest BCUT2D eigenvalue weighted by Gasteiger charge is 2.36. The number of nitrogens with zero attached hydrogens (tertiary/aromatic N) is 2. The normalized spacial score (nSPS) is 14.1. The molecule has 0 radical (unpaired) electrons. The van der Waals surface area contributed by atoms with E-state index in [1.807, 2.05) is 30.3 Å². The van der Waals surface area contributed by atoms with Gasteiger partial charge in [0.25, 0.3) is 10.0 Å². The summed E-state index contributed by atoms with van der Waals surface area (Å²) in [4.78, 5) is 29.8. The second-order valence-corrected chi connectivity index (χ2v) is 13.4. The van der Waals surface area contributed by atoms with Crippen LogP contribution in [0.5, 0.6) is 0 Å². The lowest BCUT2D eigenvalue weighted by Gasteiger charge is -2.34. The molecule has 0 spiro atoms. The molecule has 1 unspecified atom stereocenters. The van der Waals surface area contributed by atoms with E-state index in [0.717, 1.165) is 41.6 Å². The Bertz CT molecular complexity index is 1720. The number of sulfonamides is 1. The summed E-state index contributed by atoms with van der Waals surface area (Å²) < 4.78 is 43.9. The number of hydrogen-bond donors (Lipinski definition) is 1. The minimum Gasteiger partial charge on any atom is -0.352 e. The number of carbonyl (C=O) groups is 2. The molecule has 1 fully saturated rings. The largest absolute Gasteiger partial charge is 0.352 e. The van der Waals surface area contributed by atoms with E-state index in [9.17, 15) is 18.0 Å². The first-order valence-electron chi connectivity index (χ1n) is 14.9. The average Bonchev–Trinajstić information content (AvgIpc) is 3.56. The number of nitrogens with one attached hydrogen (secondary N) is 1. The molecule has 5 rings (SSSR count). The molecule has 0 bridgehead atoms. The monoisotopic (exact) mass is 647 g/mol. The third kappa shape index (κ3) is 8.09. The Labute approximate surface area is 268 Å². The molecule has 2 amide bonds. The second kappa shape index (κ2) is 14.7. The van der Waals surface area contributed by atoms with E-state index in [0.29, 0.717) is 10.6 Å². The first-order valence-corrected chi connectivity index (χ1v) is 16.7. The van der Waals surface area contributed by atoms with E-state index < -0.39 is 34.3 Å². The Morgan fingerprint density at radius 1 is 0.844 bits per heavy atom. The van der Waals surface area contributed by atoms with Crippen LogP contribution in [-0.4, -0.2) is 43.8 Å². The van der Waals surface area contributed by atoms with Gasteiger partial charge in [0.05, 0.1) is 10.6 Å². The van der Waals surface area contributed by atoms with Crippen molar-refractivity contribution in [2.45, 2.75) is 55.6 Å². The Balaban J connectivity index is 1.57. The molecular formula is C35H35ClFN3O4S. The van der Waals surface area contributed by atoms with E-state index in [2.05, 4.69) is 5.32 Å². The standard InChI is InChI=1S/C35H35ClFN3O4S/c36-28-15-11-14-27(22-28)24-39(33(23-26-12-3-1-4-13-26)35(42)38-29-16-7-8-17-29)34(41)25-40(32-21-10-9-20-31(32)37)45(43,44)30-18-5-2-6-19-30/h1-6,9-15,18-22,29,33H,7-8,16-17,23-25H2,(H,38,42). The van der Waals surface area contributed by atoms with Gasteiger partial charge in [-0.05, 0) is 60.4 Å². The van der Waals surface area contributed by atoms with Crippen LogP contribution in [0.1, 0.15) is 36.8 Å². The number of hydrogen-bond acceptors (Lipinski definition) is 4. The molecule has 0 saturated heterocycles. The van der Waals surface area contributed by atoms with Crippen molar-refractivity contribution in [3.05, 3.63) is 131 Å². The SMILES string of the molecule is O=C(NC1CCCC1)C(Cc1ccccc1)N(Cc1cccc(Cl)c1)C(=O)CN(c1ccccc1F)S(=O)(=O)c1ccccc1. The first kappa shape index (κ1) is 32.2. The molecule has 4 aromatic carbocycles. The van der Waals surface area contributed by atoms with Gasteiger partial charge in [0.15, 0.2) is 0 Å². The van der Waals surface area contributed by atoms with E-state index in [-0.39, 0.29) is 35.5 Å². The van der Waals surface area contributed by atoms with Crippen LogP contribution in [0.15, 0.2) is 114 Å². The Morgan fingerprint density at radius 3 is 2.13 bits per heavy atom. The molecule has 1 saturated carbocycles. The Morgan fingerprint density at radius 2 is 1.47 bits per heavy atom. The third-order valence-corrected chi connectivity index (χ3v) is 9.95. The van der Waals surface area contributed by atoms with Gasteiger partial charge < -0.3 is 10.2 Å². The number of rotatable bonds is 12. The van der Waals surface area contributed by atoms with E-state index in [4.69, 9.17) is 11.6 Å². The number of anilines is 1. The highest BCUT2D eigenvalue weighted by Crippen LogP contribution is 2.28. The van der Waals surface area contributed by atoms with Crippen LogP contribution in [0.25, 0.3) is 0 Å². The summed E-state index contributed by atoms with van der Waals surface area (Å²) in [6, 6.07) is 28.3. The molecule has 1 aliphatic rings. The lowest BCUT2D eigenvalue weighted by Crippen LogP contribution is -2.54. The average molecular weight is 648 g/mol. The van der Waals surface area contributed by atoms with Gasteiger partial charge in [-0.15, -0.1) is 0 Å². The Kier molecular flexibility index (Phi) is 10.5. The number of benzene rings is 4. The maximum atomic E-state index is 15.2. The zero-order valence-corrected chi connectivity index (χ0v) is 26.3. The van der Waals surface area contributed by atoms with E-state index >= 15 is 4.39 Å². The fourth-order valence-corrected chi connectivity index (χ4v) is 7.30. The summed E-state index contributed by atoms with van der Waals surface area (Å²) in [7, 11) is -4.38. The molecule has 1 N–H and O–H groups in total. The van der Waals surface area contributed by atoms with Gasteiger partial charge >= 0.3 is 0 Å². The van der Waals surface area contributed by atoms with Gasteiger partial charge in [0.1, 0.15) is 18.4 Å². The molecule has 10 heteroatoms. The van der Waals surface area contributed by atoms with Crippen molar-refractivity contribution in [2.24, 2.45) is 0 Å². The van der Waals surface area contributed by atoms with Gasteiger partial charge in [-0.2, -0.15) is 0 Å². The fraction of sp³-hybridized carbons (Fsp3) is 0.257. The quantitative estimate of drug-likeness (QED) is 0.194. The summed E-state index contributed by atoms with van der Waals surface area (Å²) in [5.41, 5.74) is 1.22. The van der Waals surface area contributed by atoms with E-state index in [1.54, 1.807) is 42.5 Å². The van der Waals surface area contributed by atoms with Crippen LogP contribution in [0.4, 0.5) is 10.1 Å². The minimum absolute atomic E-state index is 0.00716. The lowest BCUT2D eigenvalue weighted by molar-refractivity contribution is -0.140. The van der Waals surface area contributed by atoms with Gasteiger partial charge in [0, 0.05) is 24.0 Å². The van der Waals surface area contributed by atoms with Crippen LogP contribution in [0.3, 0.4) is 0 Å². The molecule has 0 aromatic heterocycles. The topological polar surface area (TPSA) is 86.8 Å². The summed E-state index contributed by atoms with van der Waals surface area (Å²) in [5, 5.41) is 3.58. The summed E-state index contributed by atoms with van der Waals surface area (Å²) >= 11 is 6.29. The number of amides is 2. The predicted octanol–water partition coefficient (Wildman–Crippen LogP) is 6.37. The van der Waals surface area contributed by atoms with Crippen LogP contribution in [-0.2, 0) is 32.6 Å². The highest BCUT2D eigenvalue weighted by molar-refractivity contribution is 7.92. The van der Waals surface area contributed by atoms with Gasteiger partial charge in [-0.1, -0.05) is 97.2 Å². The molecule has 0 heterocycles. The van der Waals surface area contributed by atoms with Gasteiger partial charge in [0.2, 0.25) is 11.8 Å². The maximum absolute atomic E-state index is 15.2. The summed E-state index contributed by atoms with van der Waals surface area (Å²) in [6.07, 6.45) is 3.91. The molecule has 0 aliphatic heterocycles. The van der Waals surface area contributed by atoms with Crippen molar-refractivity contribution in [3.63, 3.8) is 0 Å². The second-order valence-electron chi connectivity index (χ2n) is 11.1. The first-order chi connectivity index (χ1) is 21.7. The molecule has 234 valence electrons. The van der Waals surface area contributed by atoms with Crippen LogP contribution < -0.4 is 9.62 Å². The van der Waals surface area contributed by atoms with Crippen molar-refractivity contribution in [1.82, 2.24) is 10.2 Å². The van der Waals surface area contributed by atoms with Crippen molar-refractivity contribution in [2.75, 3.05) is 10.8 Å². The number of carbonyl (C=O) groups excluding carboxylic acids is 2. The van der Waals surface area contributed by atoms with Crippen LogP contribution in [0, 0.1) is 5.82 Å². The molecule has 1 aliphatic carbocycles. The summed E-state index contributed by atoms with van der Waals surface area (Å²) in [5.74, 6) is -1.80. The zero-order chi connectivity index (χ0) is 31.8. The number of halogens is 2. The summed E-state index contributed by atoms with van der Waals surface area (Å²) in [6.45, 7) is -0.758. The highest BCUT2D eigenvalue weighted by atomic mass is 35.5. The predicted molar refractivity (Wildman–Crippen MR) is 174 cm³/mol. The smallest absolute Gasteiger partial charge is 0.264 e. The van der Waals surface area contributed by atoms with Crippen LogP contribution in [0.2, 0.25) is 5.02 Å². The van der Waals surface area contributed by atoms with Crippen molar-refractivity contribution >= 4 is 39.1 Å². The fourth-order valence-electron chi connectivity index (χ4n) is 5.64. The maximum Gasteiger partial charge on any atom is 0.264 e.